The fraction of sp³-hybridized carbons (Fsp3) is 0.261. The van der Waals surface area contributed by atoms with Gasteiger partial charge in [0.15, 0.2) is 5.89 Å². The molecule has 34 heavy (non-hydrogen) atoms. The summed E-state index contributed by atoms with van der Waals surface area (Å²) >= 11 is 0. The smallest absolute Gasteiger partial charge is 0.412 e. The molecule has 1 aromatic carbocycles. The second-order valence-corrected chi connectivity index (χ2v) is 8.44. The molecule has 0 spiro atoms. The first-order valence-electron chi connectivity index (χ1n) is 10.6. The van der Waals surface area contributed by atoms with Crippen molar-refractivity contribution in [2.24, 2.45) is 0 Å². The zero-order valence-electron chi connectivity index (χ0n) is 18.7. The summed E-state index contributed by atoms with van der Waals surface area (Å²) in [5.74, 6) is -0.231. The Hall–Kier alpha value is -4.28. The van der Waals surface area contributed by atoms with Gasteiger partial charge in [-0.05, 0) is 44.9 Å². The van der Waals surface area contributed by atoms with Gasteiger partial charge in [0.05, 0.1) is 23.3 Å². The van der Waals surface area contributed by atoms with Crippen molar-refractivity contribution in [2.45, 2.75) is 39.2 Å². The van der Waals surface area contributed by atoms with E-state index in [-0.39, 0.29) is 11.3 Å². The molecule has 5 rings (SSSR count). The number of aryl methyl sites for hydroxylation is 2. The van der Waals surface area contributed by atoms with Crippen LogP contribution in [0.1, 0.15) is 41.9 Å². The molecule has 1 saturated carbocycles. The van der Waals surface area contributed by atoms with Crippen molar-refractivity contribution in [3.8, 4) is 11.3 Å². The van der Waals surface area contributed by atoms with E-state index < -0.39 is 23.4 Å². The van der Waals surface area contributed by atoms with Gasteiger partial charge < -0.3 is 14.5 Å². The number of imidazole rings is 1. The highest BCUT2D eigenvalue weighted by Gasteiger charge is 2.41. The van der Waals surface area contributed by atoms with E-state index >= 15 is 0 Å². The Balaban J connectivity index is 1.37. The molecule has 0 saturated heterocycles. The number of rotatable bonds is 5. The molecule has 4 aromatic rings. The van der Waals surface area contributed by atoms with E-state index in [4.69, 9.17) is 9.15 Å². The van der Waals surface area contributed by atoms with E-state index in [0.717, 1.165) is 12.8 Å². The van der Waals surface area contributed by atoms with Gasteiger partial charge in [0, 0.05) is 30.6 Å². The average molecular weight is 464 g/mol. The molecular formula is C23H21FN6O4. The number of nitrogens with zero attached hydrogens (tertiary/aromatic N) is 4. The number of ether oxygens (including phenoxy) is 1. The summed E-state index contributed by atoms with van der Waals surface area (Å²) in [7, 11) is 0. The number of hydrogen-bond donors (Lipinski definition) is 2. The predicted molar refractivity (Wildman–Crippen MR) is 120 cm³/mol. The van der Waals surface area contributed by atoms with Crippen LogP contribution >= 0.6 is 0 Å². The van der Waals surface area contributed by atoms with Crippen LogP contribution in [0.5, 0.6) is 0 Å². The minimum Gasteiger partial charge on any atom is -0.443 e. The first kappa shape index (κ1) is 21.6. The number of hydrogen-bond acceptors (Lipinski definition) is 7. The Morgan fingerprint density at radius 3 is 2.65 bits per heavy atom. The fourth-order valence-corrected chi connectivity index (χ4v) is 3.45. The molecular weight excluding hydrogens is 443 g/mol. The number of halogens is 1. The van der Waals surface area contributed by atoms with Crippen LogP contribution in [0, 0.1) is 19.7 Å². The number of carbonyl (C=O) groups excluding carboxylic acids is 2. The highest BCUT2D eigenvalue weighted by molar-refractivity contribution is 6.03. The van der Waals surface area contributed by atoms with Crippen molar-refractivity contribution in [1.82, 2.24) is 19.4 Å². The summed E-state index contributed by atoms with van der Waals surface area (Å²) in [5.41, 5.74) is 1.31. The lowest BCUT2D eigenvalue weighted by molar-refractivity contribution is 0.0993. The zero-order valence-corrected chi connectivity index (χ0v) is 18.7. The zero-order chi connectivity index (χ0) is 24.0. The summed E-state index contributed by atoms with van der Waals surface area (Å²) in [4.78, 5) is 37.2. The molecule has 0 atom stereocenters. The Kier molecular flexibility index (Phi) is 5.03. The monoisotopic (exact) mass is 464 g/mol. The van der Waals surface area contributed by atoms with Gasteiger partial charge >= 0.3 is 6.09 Å². The third kappa shape index (κ3) is 4.32. The summed E-state index contributed by atoms with van der Waals surface area (Å²) in [6.45, 7) is 5.18. The van der Waals surface area contributed by atoms with Crippen molar-refractivity contribution in [3.63, 3.8) is 0 Å². The molecule has 1 aliphatic carbocycles. The molecule has 0 aliphatic heterocycles. The number of oxazole rings is 1. The Labute approximate surface area is 193 Å². The quantitative estimate of drug-likeness (QED) is 0.446. The highest BCUT2D eigenvalue weighted by Crippen LogP contribution is 2.38. The molecule has 2 amide bonds. The number of carbonyl (C=O) groups is 2. The number of aromatic nitrogens is 4. The van der Waals surface area contributed by atoms with Crippen molar-refractivity contribution in [3.05, 3.63) is 60.0 Å². The molecule has 3 heterocycles. The van der Waals surface area contributed by atoms with Crippen molar-refractivity contribution >= 4 is 29.2 Å². The first-order valence-corrected chi connectivity index (χ1v) is 10.6. The SMILES string of the molecule is Cc1nc(C)c(C(=O)Nc2ccc(F)c(-c3cn4cc(NC(=O)OC5(C)CC5)cnc4n3)c2)o1. The van der Waals surface area contributed by atoms with Crippen LogP contribution in [-0.4, -0.2) is 37.0 Å². The largest absolute Gasteiger partial charge is 0.443 e. The van der Waals surface area contributed by atoms with Gasteiger partial charge in [-0.2, -0.15) is 0 Å². The molecule has 0 bridgehead atoms. The van der Waals surface area contributed by atoms with E-state index in [1.807, 2.05) is 6.92 Å². The minimum absolute atomic E-state index is 0.0922. The maximum atomic E-state index is 14.6. The number of nitrogens with one attached hydrogen (secondary N) is 2. The summed E-state index contributed by atoms with van der Waals surface area (Å²) < 4.78 is 26.9. The first-order chi connectivity index (χ1) is 16.2. The summed E-state index contributed by atoms with van der Waals surface area (Å²) in [6, 6.07) is 4.15. The van der Waals surface area contributed by atoms with Crippen LogP contribution in [0.25, 0.3) is 17.0 Å². The minimum atomic E-state index is -0.562. The van der Waals surface area contributed by atoms with Gasteiger partial charge in [-0.15, -0.1) is 0 Å². The third-order valence-corrected chi connectivity index (χ3v) is 5.46. The lowest BCUT2D eigenvalue weighted by atomic mass is 10.1. The highest BCUT2D eigenvalue weighted by atomic mass is 19.1. The van der Waals surface area contributed by atoms with E-state index in [9.17, 15) is 14.0 Å². The molecule has 2 N–H and O–H groups in total. The maximum absolute atomic E-state index is 14.6. The molecule has 0 unspecified atom stereocenters. The van der Waals surface area contributed by atoms with Crippen LogP contribution in [0.3, 0.4) is 0 Å². The van der Waals surface area contributed by atoms with Crippen LogP contribution in [0.2, 0.25) is 0 Å². The second-order valence-electron chi connectivity index (χ2n) is 8.44. The molecule has 1 fully saturated rings. The molecule has 11 heteroatoms. The van der Waals surface area contributed by atoms with E-state index in [1.54, 1.807) is 30.6 Å². The average Bonchev–Trinajstić information content (AvgIpc) is 3.18. The Morgan fingerprint density at radius 1 is 1.15 bits per heavy atom. The second kappa shape index (κ2) is 7.94. The predicted octanol–water partition coefficient (Wildman–Crippen LogP) is 4.49. The van der Waals surface area contributed by atoms with Gasteiger partial charge in [0.2, 0.25) is 11.5 Å². The van der Waals surface area contributed by atoms with Gasteiger partial charge in [0.1, 0.15) is 11.4 Å². The lowest BCUT2D eigenvalue weighted by Crippen LogP contribution is -2.21. The maximum Gasteiger partial charge on any atom is 0.412 e. The number of anilines is 2. The van der Waals surface area contributed by atoms with Crippen LogP contribution < -0.4 is 10.6 Å². The van der Waals surface area contributed by atoms with E-state index in [2.05, 4.69) is 25.6 Å². The van der Waals surface area contributed by atoms with Crippen molar-refractivity contribution < 1.29 is 23.1 Å². The van der Waals surface area contributed by atoms with E-state index in [0.29, 0.717) is 34.4 Å². The molecule has 174 valence electrons. The molecule has 0 radical (unpaired) electrons. The molecule has 10 nitrogen and oxygen atoms in total. The van der Waals surface area contributed by atoms with Gasteiger partial charge in [0.25, 0.3) is 5.91 Å². The molecule has 3 aromatic heterocycles. The standard InChI is InChI=1S/C23H21FN6O4/c1-12-19(33-13(2)26-12)20(31)27-14-4-5-17(24)16(8-14)18-11-30-10-15(9-25-21(30)29-18)28-22(32)34-23(3)6-7-23/h4-5,8-11H,6-7H2,1-3H3,(H,27,31)(H,28,32). The van der Waals surface area contributed by atoms with Gasteiger partial charge in [-0.3, -0.25) is 14.5 Å². The normalized spacial score (nSPS) is 14.1. The number of fused-ring (bicyclic) bond motifs is 1. The lowest BCUT2D eigenvalue weighted by Gasteiger charge is -2.11. The van der Waals surface area contributed by atoms with Crippen LogP contribution in [-0.2, 0) is 4.74 Å². The number of amides is 2. The van der Waals surface area contributed by atoms with Crippen molar-refractivity contribution in [2.75, 3.05) is 10.6 Å². The Bertz CT molecular complexity index is 1440. The summed E-state index contributed by atoms with van der Waals surface area (Å²) in [6.07, 6.45) is 5.74. The molecule has 1 aliphatic rings. The topological polar surface area (TPSA) is 124 Å². The van der Waals surface area contributed by atoms with Crippen LogP contribution in [0.15, 0.2) is 41.2 Å². The third-order valence-electron chi connectivity index (χ3n) is 5.46. The van der Waals surface area contributed by atoms with E-state index in [1.165, 1.54) is 24.4 Å². The van der Waals surface area contributed by atoms with Crippen LogP contribution in [0.4, 0.5) is 20.6 Å². The van der Waals surface area contributed by atoms with Crippen molar-refractivity contribution in [1.29, 1.82) is 0 Å². The van der Waals surface area contributed by atoms with Gasteiger partial charge in [-0.25, -0.2) is 24.1 Å². The number of benzene rings is 1. The summed E-state index contributed by atoms with van der Waals surface area (Å²) in [5, 5.41) is 5.32. The van der Waals surface area contributed by atoms with Gasteiger partial charge in [-0.1, -0.05) is 0 Å². The Morgan fingerprint density at radius 2 is 1.94 bits per heavy atom. The fourth-order valence-electron chi connectivity index (χ4n) is 3.45.